The zero-order chi connectivity index (χ0) is 14.8. The molecule has 110 valence electrons. The molecule has 2 heterocycles. The first kappa shape index (κ1) is 13.8. The minimum Gasteiger partial charge on any atom is -0.336 e. The number of nitrogens with one attached hydrogen (secondary N) is 1. The van der Waals surface area contributed by atoms with Crippen LogP contribution in [0, 0.1) is 6.92 Å². The highest BCUT2D eigenvalue weighted by molar-refractivity contribution is 5.96. The third kappa shape index (κ3) is 2.56. The van der Waals surface area contributed by atoms with Gasteiger partial charge >= 0.3 is 0 Å². The lowest BCUT2D eigenvalue weighted by atomic mass is 10.1. The number of piperazine rings is 1. The van der Waals surface area contributed by atoms with E-state index in [-0.39, 0.29) is 11.9 Å². The molecule has 5 heteroatoms. The van der Waals surface area contributed by atoms with Crippen molar-refractivity contribution in [2.75, 3.05) is 19.6 Å². The molecular formula is C16H20N4O. The van der Waals surface area contributed by atoms with Gasteiger partial charge in [-0.05, 0) is 18.6 Å². The van der Waals surface area contributed by atoms with E-state index >= 15 is 0 Å². The Morgan fingerprint density at radius 2 is 2.19 bits per heavy atom. The standard InChI is InChI=1S/C16H20N4O/c1-12-5-3-4-6-13(12)16(21)20-10-7-17-11-14(20)15-18-8-9-19(15)2/h3-6,8-9,14,17H,7,10-11H2,1-2H3. The summed E-state index contributed by atoms with van der Waals surface area (Å²) in [6, 6.07) is 7.73. The summed E-state index contributed by atoms with van der Waals surface area (Å²) in [5, 5.41) is 3.35. The number of imidazole rings is 1. The summed E-state index contributed by atoms with van der Waals surface area (Å²) in [7, 11) is 1.97. The van der Waals surface area contributed by atoms with Crippen LogP contribution in [-0.4, -0.2) is 40.0 Å². The third-order valence-corrected chi connectivity index (χ3v) is 4.04. The second kappa shape index (κ2) is 5.69. The zero-order valence-electron chi connectivity index (χ0n) is 12.4. The first-order valence-corrected chi connectivity index (χ1v) is 7.23. The van der Waals surface area contributed by atoms with Gasteiger partial charge in [0.25, 0.3) is 5.91 Å². The normalized spacial score (nSPS) is 18.8. The van der Waals surface area contributed by atoms with Gasteiger partial charge in [-0.2, -0.15) is 0 Å². The number of rotatable bonds is 2. The summed E-state index contributed by atoms with van der Waals surface area (Å²) in [6.07, 6.45) is 3.70. The van der Waals surface area contributed by atoms with E-state index in [0.717, 1.165) is 30.0 Å². The van der Waals surface area contributed by atoms with E-state index in [1.165, 1.54) is 0 Å². The molecule has 0 spiro atoms. The molecule has 1 unspecified atom stereocenters. The summed E-state index contributed by atoms with van der Waals surface area (Å²) >= 11 is 0. The fraction of sp³-hybridized carbons (Fsp3) is 0.375. The number of benzene rings is 1. The molecule has 21 heavy (non-hydrogen) atoms. The topological polar surface area (TPSA) is 50.2 Å². The quantitative estimate of drug-likeness (QED) is 0.909. The first-order chi connectivity index (χ1) is 10.2. The van der Waals surface area contributed by atoms with Crippen molar-refractivity contribution in [3.63, 3.8) is 0 Å². The van der Waals surface area contributed by atoms with Crippen LogP contribution in [0.15, 0.2) is 36.7 Å². The van der Waals surface area contributed by atoms with E-state index < -0.39 is 0 Å². The summed E-state index contributed by atoms with van der Waals surface area (Å²) in [6.45, 7) is 4.23. The third-order valence-electron chi connectivity index (χ3n) is 4.04. The molecule has 1 aliphatic rings. The van der Waals surface area contributed by atoms with Crippen molar-refractivity contribution in [1.82, 2.24) is 19.8 Å². The Labute approximate surface area is 124 Å². The lowest BCUT2D eigenvalue weighted by Gasteiger charge is -2.36. The largest absolute Gasteiger partial charge is 0.336 e. The summed E-state index contributed by atoms with van der Waals surface area (Å²) in [4.78, 5) is 19.2. The second-order valence-electron chi connectivity index (χ2n) is 5.43. The second-order valence-corrected chi connectivity index (χ2v) is 5.43. The maximum atomic E-state index is 12.9. The van der Waals surface area contributed by atoms with Crippen molar-refractivity contribution in [2.24, 2.45) is 7.05 Å². The fourth-order valence-corrected chi connectivity index (χ4v) is 2.84. The first-order valence-electron chi connectivity index (χ1n) is 7.23. The number of nitrogens with zero attached hydrogens (tertiary/aromatic N) is 3. The predicted molar refractivity (Wildman–Crippen MR) is 81.0 cm³/mol. The number of hydrogen-bond acceptors (Lipinski definition) is 3. The minimum atomic E-state index is -0.0224. The van der Waals surface area contributed by atoms with Gasteiger partial charge in [-0.1, -0.05) is 18.2 Å². The molecule has 1 aromatic carbocycles. The molecule has 1 amide bonds. The molecule has 0 aliphatic carbocycles. The smallest absolute Gasteiger partial charge is 0.254 e. The highest BCUT2D eigenvalue weighted by Gasteiger charge is 2.31. The molecule has 1 saturated heterocycles. The predicted octanol–water partition coefficient (Wildman–Crippen LogP) is 1.52. The number of aryl methyl sites for hydroxylation is 2. The number of carbonyl (C=O) groups is 1. The molecule has 2 aromatic rings. The molecule has 3 rings (SSSR count). The fourth-order valence-electron chi connectivity index (χ4n) is 2.84. The molecule has 1 aliphatic heterocycles. The van der Waals surface area contributed by atoms with Crippen molar-refractivity contribution in [3.05, 3.63) is 53.6 Å². The maximum absolute atomic E-state index is 12.9. The van der Waals surface area contributed by atoms with E-state index in [9.17, 15) is 4.79 Å². The average Bonchev–Trinajstić information content (AvgIpc) is 2.93. The highest BCUT2D eigenvalue weighted by Crippen LogP contribution is 2.23. The Hall–Kier alpha value is -2.14. The van der Waals surface area contributed by atoms with Gasteiger partial charge in [-0.25, -0.2) is 4.98 Å². The van der Waals surface area contributed by atoms with Crippen LogP contribution in [0.1, 0.15) is 27.8 Å². The van der Waals surface area contributed by atoms with Crippen LogP contribution in [0.5, 0.6) is 0 Å². The van der Waals surface area contributed by atoms with Crippen LogP contribution in [0.2, 0.25) is 0 Å². The van der Waals surface area contributed by atoms with Gasteiger partial charge < -0.3 is 14.8 Å². The molecule has 1 atom stereocenters. The Morgan fingerprint density at radius 1 is 1.38 bits per heavy atom. The Bertz CT molecular complexity index is 649. The Kier molecular flexibility index (Phi) is 3.75. The SMILES string of the molecule is Cc1ccccc1C(=O)N1CCNCC1c1nccn1C. The van der Waals surface area contributed by atoms with Gasteiger partial charge in [0, 0.05) is 44.6 Å². The van der Waals surface area contributed by atoms with Crippen molar-refractivity contribution in [1.29, 1.82) is 0 Å². The van der Waals surface area contributed by atoms with Crippen LogP contribution in [0.3, 0.4) is 0 Å². The lowest BCUT2D eigenvalue weighted by Crippen LogP contribution is -2.49. The summed E-state index contributed by atoms with van der Waals surface area (Å²) in [5.41, 5.74) is 1.79. The van der Waals surface area contributed by atoms with Crippen LogP contribution < -0.4 is 5.32 Å². The van der Waals surface area contributed by atoms with Crippen LogP contribution in [0.25, 0.3) is 0 Å². The zero-order valence-corrected chi connectivity index (χ0v) is 12.4. The van der Waals surface area contributed by atoms with Crippen molar-refractivity contribution < 1.29 is 4.79 Å². The van der Waals surface area contributed by atoms with Gasteiger partial charge in [-0.3, -0.25) is 4.79 Å². The highest BCUT2D eigenvalue weighted by atomic mass is 16.2. The van der Waals surface area contributed by atoms with E-state index in [1.54, 1.807) is 6.20 Å². The lowest BCUT2D eigenvalue weighted by molar-refractivity contribution is 0.0620. The Morgan fingerprint density at radius 3 is 2.90 bits per heavy atom. The van der Waals surface area contributed by atoms with Gasteiger partial charge in [0.05, 0.1) is 0 Å². The molecule has 0 saturated carbocycles. The number of amides is 1. The summed E-state index contributed by atoms with van der Waals surface area (Å²) in [5.74, 6) is 1.01. The van der Waals surface area contributed by atoms with Gasteiger partial charge in [-0.15, -0.1) is 0 Å². The maximum Gasteiger partial charge on any atom is 0.254 e. The minimum absolute atomic E-state index is 0.0224. The van der Waals surface area contributed by atoms with Crippen LogP contribution >= 0.6 is 0 Å². The average molecular weight is 284 g/mol. The van der Waals surface area contributed by atoms with Crippen molar-refractivity contribution >= 4 is 5.91 Å². The van der Waals surface area contributed by atoms with Crippen LogP contribution in [-0.2, 0) is 7.05 Å². The van der Waals surface area contributed by atoms with Gasteiger partial charge in [0.1, 0.15) is 11.9 Å². The van der Waals surface area contributed by atoms with E-state index in [2.05, 4.69) is 10.3 Å². The van der Waals surface area contributed by atoms with E-state index in [4.69, 9.17) is 0 Å². The van der Waals surface area contributed by atoms with Gasteiger partial charge in [0.2, 0.25) is 0 Å². The number of hydrogen-bond donors (Lipinski definition) is 1. The molecule has 1 N–H and O–H groups in total. The monoisotopic (exact) mass is 284 g/mol. The number of aromatic nitrogens is 2. The Balaban J connectivity index is 1.93. The molecule has 0 bridgehead atoms. The molecule has 5 nitrogen and oxygen atoms in total. The number of carbonyl (C=O) groups excluding carboxylic acids is 1. The molecular weight excluding hydrogens is 264 g/mol. The van der Waals surface area contributed by atoms with Crippen molar-refractivity contribution in [3.8, 4) is 0 Å². The van der Waals surface area contributed by atoms with Gasteiger partial charge in [0.15, 0.2) is 0 Å². The summed E-state index contributed by atoms with van der Waals surface area (Å²) < 4.78 is 1.98. The van der Waals surface area contributed by atoms with Crippen molar-refractivity contribution in [2.45, 2.75) is 13.0 Å². The molecule has 1 aromatic heterocycles. The van der Waals surface area contributed by atoms with Crippen LogP contribution in [0.4, 0.5) is 0 Å². The van der Waals surface area contributed by atoms with E-state index in [0.29, 0.717) is 6.54 Å². The van der Waals surface area contributed by atoms with E-state index in [1.807, 2.05) is 53.9 Å². The molecule has 0 radical (unpaired) electrons. The molecule has 1 fully saturated rings.